The Bertz CT molecular complexity index is 1200. The van der Waals surface area contributed by atoms with Crippen molar-refractivity contribution in [2.45, 2.75) is 0 Å². The second-order valence-electron chi connectivity index (χ2n) is 6.90. The number of amides is 2. The number of anilines is 3. The first-order chi connectivity index (χ1) is 15.2. The van der Waals surface area contributed by atoms with Crippen molar-refractivity contribution >= 4 is 58.4 Å². The molecule has 7 nitrogen and oxygen atoms in total. The molecule has 0 fully saturated rings. The summed E-state index contributed by atoms with van der Waals surface area (Å²) in [6, 6.07) is 9.85. The number of benzene rings is 2. The Morgan fingerprint density at radius 1 is 1.00 bits per heavy atom. The van der Waals surface area contributed by atoms with E-state index in [-0.39, 0.29) is 27.7 Å². The quantitative estimate of drug-likeness (QED) is 0.433. The van der Waals surface area contributed by atoms with Crippen molar-refractivity contribution in [2.24, 2.45) is 0 Å². The lowest BCUT2D eigenvalue weighted by Gasteiger charge is -2.21. The van der Waals surface area contributed by atoms with Gasteiger partial charge >= 0.3 is 0 Å². The van der Waals surface area contributed by atoms with Crippen LogP contribution in [0.25, 0.3) is 0 Å². The molecule has 0 spiro atoms. The molecule has 32 heavy (non-hydrogen) atoms. The minimum atomic E-state index is -0.791. The average Bonchev–Trinajstić information content (AvgIpc) is 2.75. The summed E-state index contributed by atoms with van der Waals surface area (Å²) in [7, 11) is 3.42. The van der Waals surface area contributed by atoms with Gasteiger partial charge in [0.2, 0.25) is 0 Å². The first-order valence-corrected chi connectivity index (χ1v) is 10.0. The first-order valence-electron chi connectivity index (χ1n) is 9.24. The van der Waals surface area contributed by atoms with Gasteiger partial charge in [0.1, 0.15) is 11.6 Å². The number of pyridine rings is 1. The van der Waals surface area contributed by atoms with Crippen LogP contribution < -0.4 is 15.5 Å². The van der Waals surface area contributed by atoms with Gasteiger partial charge in [-0.2, -0.15) is 0 Å². The molecule has 0 unspecified atom stereocenters. The van der Waals surface area contributed by atoms with Crippen molar-refractivity contribution in [2.75, 3.05) is 29.6 Å². The minimum Gasteiger partial charge on any atom is -0.376 e. The highest BCUT2D eigenvalue weighted by Crippen LogP contribution is 2.33. The Kier molecular flexibility index (Phi) is 7.07. The molecule has 2 aromatic carbocycles. The molecule has 10 heteroatoms. The standard InChI is InChI=1S/C22H18Cl2FN5O2/c1-30(2)18-9-14(24)8-16(22(32)28-19-6-4-13(23)11-27-19)20(18)29-21(31)15-5-3-12(10-26)7-17(15)25/h3-11,26H,1-2H3,(H,29,31)(H,27,28,32). The molecule has 3 aromatic rings. The van der Waals surface area contributed by atoms with Gasteiger partial charge in [0, 0.05) is 31.5 Å². The fraction of sp³-hybridized carbons (Fsp3) is 0.0909. The summed E-state index contributed by atoms with van der Waals surface area (Å²) in [6.07, 6.45) is 2.35. The predicted octanol–water partition coefficient (Wildman–Crippen LogP) is 5.10. The third kappa shape index (κ3) is 5.22. The molecule has 0 bridgehead atoms. The Labute approximate surface area is 193 Å². The van der Waals surface area contributed by atoms with E-state index in [4.69, 9.17) is 28.6 Å². The fourth-order valence-electron chi connectivity index (χ4n) is 2.88. The molecule has 3 N–H and O–H groups in total. The van der Waals surface area contributed by atoms with E-state index in [1.807, 2.05) is 0 Å². The summed E-state index contributed by atoms with van der Waals surface area (Å²) < 4.78 is 14.4. The van der Waals surface area contributed by atoms with Crippen LogP contribution in [-0.4, -0.2) is 37.1 Å². The lowest BCUT2D eigenvalue weighted by Crippen LogP contribution is -2.22. The van der Waals surface area contributed by atoms with E-state index in [1.54, 1.807) is 31.1 Å². The summed E-state index contributed by atoms with van der Waals surface area (Å²) >= 11 is 12.0. The molecule has 1 aromatic heterocycles. The molecule has 164 valence electrons. The second-order valence-corrected chi connectivity index (χ2v) is 7.77. The fourth-order valence-corrected chi connectivity index (χ4v) is 3.20. The molecular formula is C22H18Cl2FN5O2. The van der Waals surface area contributed by atoms with Crippen molar-refractivity contribution in [3.63, 3.8) is 0 Å². The maximum atomic E-state index is 14.4. The number of hydrogen-bond donors (Lipinski definition) is 3. The van der Waals surface area contributed by atoms with E-state index in [9.17, 15) is 14.0 Å². The van der Waals surface area contributed by atoms with Crippen LogP contribution in [0.4, 0.5) is 21.6 Å². The largest absolute Gasteiger partial charge is 0.376 e. The molecule has 0 aliphatic heterocycles. The van der Waals surface area contributed by atoms with E-state index in [1.165, 1.54) is 30.5 Å². The first kappa shape index (κ1) is 23.2. The monoisotopic (exact) mass is 473 g/mol. The lowest BCUT2D eigenvalue weighted by atomic mass is 10.1. The third-order valence-electron chi connectivity index (χ3n) is 4.42. The Balaban J connectivity index is 2.01. The normalized spacial score (nSPS) is 10.4. The van der Waals surface area contributed by atoms with Crippen LogP contribution in [0, 0.1) is 11.2 Å². The van der Waals surface area contributed by atoms with Crippen LogP contribution in [0.2, 0.25) is 10.0 Å². The van der Waals surface area contributed by atoms with Crippen molar-refractivity contribution in [3.8, 4) is 0 Å². The summed E-state index contributed by atoms with van der Waals surface area (Å²) in [5.74, 6) is -1.89. The smallest absolute Gasteiger partial charge is 0.259 e. The van der Waals surface area contributed by atoms with Gasteiger partial charge in [0.15, 0.2) is 0 Å². The molecule has 0 aliphatic carbocycles. The summed E-state index contributed by atoms with van der Waals surface area (Å²) in [6.45, 7) is 0. The maximum absolute atomic E-state index is 14.4. The zero-order valence-corrected chi connectivity index (χ0v) is 18.6. The number of halogens is 3. The van der Waals surface area contributed by atoms with Crippen LogP contribution in [0.5, 0.6) is 0 Å². The number of aromatic nitrogens is 1. The van der Waals surface area contributed by atoms with Crippen LogP contribution in [0.3, 0.4) is 0 Å². The van der Waals surface area contributed by atoms with E-state index < -0.39 is 17.6 Å². The number of hydrogen-bond acceptors (Lipinski definition) is 5. The number of carbonyl (C=O) groups excluding carboxylic acids is 2. The van der Waals surface area contributed by atoms with Gasteiger partial charge in [0.25, 0.3) is 11.8 Å². The van der Waals surface area contributed by atoms with Gasteiger partial charge in [0.05, 0.1) is 27.5 Å². The highest BCUT2D eigenvalue weighted by Gasteiger charge is 2.22. The topological polar surface area (TPSA) is 98.2 Å². The van der Waals surface area contributed by atoms with Gasteiger partial charge in [-0.1, -0.05) is 29.3 Å². The highest BCUT2D eigenvalue weighted by molar-refractivity contribution is 6.32. The maximum Gasteiger partial charge on any atom is 0.259 e. The van der Waals surface area contributed by atoms with E-state index in [2.05, 4.69) is 15.6 Å². The Morgan fingerprint density at radius 3 is 2.31 bits per heavy atom. The summed E-state index contributed by atoms with van der Waals surface area (Å²) in [5, 5.41) is 13.1. The van der Waals surface area contributed by atoms with Crippen LogP contribution in [-0.2, 0) is 0 Å². The number of carbonyl (C=O) groups is 2. The zero-order chi connectivity index (χ0) is 23.4. The van der Waals surface area contributed by atoms with E-state index in [0.717, 1.165) is 12.3 Å². The molecule has 0 saturated carbocycles. The van der Waals surface area contributed by atoms with Crippen molar-refractivity contribution < 1.29 is 14.0 Å². The number of rotatable bonds is 6. The van der Waals surface area contributed by atoms with Crippen LogP contribution >= 0.6 is 23.2 Å². The Morgan fingerprint density at radius 2 is 1.72 bits per heavy atom. The molecule has 0 radical (unpaired) electrons. The highest BCUT2D eigenvalue weighted by atomic mass is 35.5. The SMILES string of the molecule is CN(C)c1cc(Cl)cc(C(=O)Nc2ccc(Cl)cn2)c1NC(=O)c1ccc(C=N)cc1F. The molecule has 0 saturated heterocycles. The minimum absolute atomic E-state index is 0.0582. The van der Waals surface area contributed by atoms with Crippen LogP contribution in [0.15, 0.2) is 48.7 Å². The lowest BCUT2D eigenvalue weighted by molar-refractivity contribution is 0.102. The molecular weight excluding hydrogens is 456 g/mol. The van der Waals surface area contributed by atoms with Crippen molar-refractivity contribution in [1.82, 2.24) is 4.98 Å². The number of nitrogens with one attached hydrogen (secondary N) is 3. The molecule has 0 aliphatic rings. The van der Waals surface area contributed by atoms with Crippen molar-refractivity contribution in [3.05, 3.63) is 81.2 Å². The van der Waals surface area contributed by atoms with Crippen molar-refractivity contribution in [1.29, 1.82) is 5.41 Å². The van der Waals surface area contributed by atoms with Crippen LogP contribution in [0.1, 0.15) is 26.3 Å². The summed E-state index contributed by atoms with van der Waals surface area (Å²) in [4.78, 5) is 31.5. The second kappa shape index (κ2) is 9.76. The molecule has 1 heterocycles. The molecule has 3 rings (SSSR count). The van der Waals surface area contributed by atoms with E-state index >= 15 is 0 Å². The van der Waals surface area contributed by atoms with Gasteiger partial charge in [-0.3, -0.25) is 9.59 Å². The van der Waals surface area contributed by atoms with Gasteiger partial charge in [-0.25, -0.2) is 9.37 Å². The predicted molar refractivity (Wildman–Crippen MR) is 125 cm³/mol. The molecule has 2 amide bonds. The van der Waals surface area contributed by atoms with Gasteiger partial charge in [-0.15, -0.1) is 0 Å². The Hall–Kier alpha value is -3.49. The zero-order valence-electron chi connectivity index (χ0n) is 17.0. The molecule has 0 atom stereocenters. The van der Waals surface area contributed by atoms with Gasteiger partial charge in [-0.05, 0) is 42.0 Å². The van der Waals surface area contributed by atoms with Gasteiger partial charge < -0.3 is 20.9 Å². The number of nitrogens with zero attached hydrogens (tertiary/aromatic N) is 2. The summed E-state index contributed by atoms with van der Waals surface area (Å²) in [5.41, 5.74) is 0.724. The average molecular weight is 474 g/mol. The third-order valence-corrected chi connectivity index (χ3v) is 4.86. The van der Waals surface area contributed by atoms with E-state index in [0.29, 0.717) is 16.3 Å².